The molecule has 1 aromatic heterocycles. The van der Waals surface area contributed by atoms with Crippen LogP contribution in [0.5, 0.6) is 5.75 Å². The average Bonchev–Trinajstić information content (AvgIpc) is 3.45. The number of likely N-dealkylation sites (N-methyl/N-ethyl adjacent to an activating group) is 1. The number of rotatable bonds is 11. The third-order valence-electron chi connectivity index (χ3n) is 7.05. The number of anilines is 6. The van der Waals surface area contributed by atoms with Crippen LogP contribution in [-0.4, -0.2) is 74.8 Å². The molecule has 42 heavy (non-hydrogen) atoms. The number of ether oxygens (including phenoxy) is 1. The fourth-order valence-electron chi connectivity index (χ4n) is 4.60. The average molecular weight is 614 g/mol. The third-order valence-corrected chi connectivity index (χ3v) is 9.54. The Kier molecular flexibility index (Phi) is 9.60. The molecule has 1 saturated heterocycles. The summed E-state index contributed by atoms with van der Waals surface area (Å²) in [7, 11) is 2.09. The summed E-state index contributed by atoms with van der Waals surface area (Å²) < 4.78 is 31.6. The summed E-state index contributed by atoms with van der Waals surface area (Å²) in [5.41, 5.74) is 2.23. The van der Waals surface area contributed by atoms with Gasteiger partial charge in [0.05, 0.1) is 46.2 Å². The van der Waals surface area contributed by atoms with Gasteiger partial charge in [0, 0.05) is 25.2 Å². The maximum absolute atomic E-state index is 12.9. The quantitative estimate of drug-likeness (QED) is 0.252. The lowest BCUT2D eigenvalue weighted by Gasteiger charge is -2.25. The van der Waals surface area contributed by atoms with E-state index < -0.39 is 15.1 Å². The van der Waals surface area contributed by atoms with Crippen molar-refractivity contribution >= 4 is 61.9 Å². The van der Waals surface area contributed by atoms with Gasteiger partial charge in [-0.1, -0.05) is 30.3 Å². The molecular weight excluding hydrogens is 578 g/mol. The zero-order valence-electron chi connectivity index (χ0n) is 24.3. The molecule has 3 N–H and O–H groups in total. The van der Waals surface area contributed by atoms with Gasteiger partial charge < -0.3 is 30.5 Å². The summed E-state index contributed by atoms with van der Waals surface area (Å²) in [5, 5.41) is 8.68. The molecule has 0 spiro atoms. The zero-order valence-corrected chi connectivity index (χ0v) is 25.9. The second kappa shape index (κ2) is 13.0. The summed E-state index contributed by atoms with van der Waals surface area (Å²) >= 11 is 6.41. The van der Waals surface area contributed by atoms with Crippen molar-refractivity contribution in [2.45, 2.75) is 36.5 Å². The van der Waals surface area contributed by atoms with Crippen molar-refractivity contribution in [1.82, 2.24) is 14.9 Å². The van der Waals surface area contributed by atoms with Crippen LogP contribution in [0.1, 0.15) is 20.3 Å². The van der Waals surface area contributed by atoms with E-state index in [-0.39, 0.29) is 27.6 Å². The first-order chi connectivity index (χ1) is 19.9. The summed E-state index contributed by atoms with van der Waals surface area (Å²) in [6, 6.07) is 10.6. The smallest absolute Gasteiger partial charge is 0.247 e. The van der Waals surface area contributed by atoms with Gasteiger partial charge in [0.25, 0.3) is 0 Å². The van der Waals surface area contributed by atoms with Gasteiger partial charge in [-0.2, -0.15) is 4.98 Å². The summed E-state index contributed by atoms with van der Waals surface area (Å²) in [5.74, 6) is 0.548. The van der Waals surface area contributed by atoms with E-state index in [0.717, 1.165) is 25.2 Å². The van der Waals surface area contributed by atoms with Gasteiger partial charge in [-0.25, -0.2) is 13.4 Å². The Labute approximate surface area is 251 Å². The number of hydrogen-bond acceptors (Lipinski definition) is 10. The fourth-order valence-corrected chi connectivity index (χ4v) is 5.94. The number of halogens is 1. The molecule has 1 fully saturated rings. The van der Waals surface area contributed by atoms with Crippen molar-refractivity contribution in [3.05, 3.63) is 60.3 Å². The molecule has 11 nitrogen and oxygen atoms in total. The van der Waals surface area contributed by atoms with E-state index in [2.05, 4.69) is 56.4 Å². The maximum Gasteiger partial charge on any atom is 0.247 e. The van der Waals surface area contributed by atoms with Gasteiger partial charge in [0.1, 0.15) is 10.8 Å². The van der Waals surface area contributed by atoms with E-state index >= 15 is 0 Å². The van der Waals surface area contributed by atoms with Crippen molar-refractivity contribution in [2.75, 3.05) is 55.1 Å². The van der Waals surface area contributed by atoms with Crippen LogP contribution < -0.4 is 25.6 Å². The number of sulfone groups is 1. The topological polar surface area (TPSA) is 129 Å². The van der Waals surface area contributed by atoms with Crippen LogP contribution in [0.3, 0.4) is 0 Å². The van der Waals surface area contributed by atoms with Gasteiger partial charge in [0.15, 0.2) is 15.7 Å². The molecule has 1 aliphatic rings. The molecule has 4 rings (SSSR count). The number of nitrogens with one attached hydrogen (secondary N) is 3. The Morgan fingerprint density at radius 2 is 1.93 bits per heavy atom. The van der Waals surface area contributed by atoms with Crippen LogP contribution in [0.25, 0.3) is 0 Å². The monoisotopic (exact) mass is 613 g/mol. The molecule has 2 aromatic carbocycles. The lowest BCUT2D eigenvalue weighted by atomic mass is 10.2. The van der Waals surface area contributed by atoms with E-state index in [1.54, 1.807) is 51.3 Å². The van der Waals surface area contributed by atoms with E-state index in [1.165, 1.54) is 12.3 Å². The number of methoxy groups -OCH3 is 1. The second-order valence-corrected chi connectivity index (χ2v) is 13.2. The van der Waals surface area contributed by atoms with Crippen molar-refractivity contribution in [1.29, 1.82) is 0 Å². The number of carbonyl (C=O) groups excluding carboxylic acids is 1. The molecule has 0 radical (unpaired) electrons. The van der Waals surface area contributed by atoms with Crippen molar-refractivity contribution in [2.24, 2.45) is 0 Å². The molecule has 1 amide bonds. The van der Waals surface area contributed by atoms with Crippen LogP contribution in [0.2, 0.25) is 5.02 Å². The summed E-state index contributed by atoms with van der Waals surface area (Å²) in [6.45, 7) is 8.44. The maximum atomic E-state index is 12.9. The molecule has 1 aliphatic heterocycles. The number of amides is 1. The molecule has 3 aromatic rings. The largest absolute Gasteiger partial charge is 0.494 e. The summed E-state index contributed by atoms with van der Waals surface area (Å²) in [6.07, 6.45) is 3.61. The third kappa shape index (κ3) is 6.77. The number of aromatic nitrogens is 2. The van der Waals surface area contributed by atoms with E-state index in [0.29, 0.717) is 28.9 Å². The number of nitrogens with zero attached hydrogens (tertiary/aromatic N) is 4. The molecule has 0 bridgehead atoms. The molecule has 224 valence electrons. The predicted octanol–water partition coefficient (Wildman–Crippen LogP) is 5.07. The minimum Gasteiger partial charge on any atom is -0.494 e. The standard InChI is InChI=1S/C29H36ClN7O4S/c1-7-27(38)32-22-14-23(25(41-6)15-24(22)37-13-12-19(17-37)36(4)5)34-29-31-16-20(30)28(35-29)33-21-10-8-9-11-26(21)42(39,40)18(2)3/h7-11,14-16,18-19H,1,12-13,17H2,2-6H3,(H,32,38)(H2,31,33,34,35). The van der Waals surface area contributed by atoms with Gasteiger partial charge in [0.2, 0.25) is 11.9 Å². The lowest BCUT2D eigenvalue weighted by molar-refractivity contribution is -0.111. The molecule has 1 atom stereocenters. The number of hydrogen-bond donors (Lipinski definition) is 3. The van der Waals surface area contributed by atoms with E-state index in [1.807, 2.05) is 6.07 Å². The minimum absolute atomic E-state index is 0.141. The predicted molar refractivity (Wildman–Crippen MR) is 168 cm³/mol. The first-order valence-corrected chi connectivity index (χ1v) is 15.3. The highest BCUT2D eigenvalue weighted by Crippen LogP contribution is 2.40. The first kappa shape index (κ1) is 31.1. The first-order valence-electron chi connectivity index (χ1n) is 13.4. The molecular formula is C29H36ClN7O4S. The molecule has 0 saturated carbocycles. The van der Waals surface area contributed by atoms with Gasteiger partial charge in [-0.15, -0.1) is 0 Å². The highest BCUT2D eigenvalue weighted by atomic mass is 35.5. The molecule has 1 unspecified atom stereocenters. The highest BCUT2D eigenvalue weighted by Gasteiger charge is 2.27. The highest BCUT2D eigenvalue weighted by molar-refractivity contribution is 7.92. The summed E-state index contributed by atoms with van der Waals surface area (Å²) in [4.78, 5) is 25.7. The van der Waals surface area contributed by atoms with Gasteiger partial charge in [-0.05, 0) is 58.6 Å². The minimum atomic E-state index is -3.57. The van der Waals surface area contributed by atoms with Crippen molar-refractivity contribution < 1.29 is 17.9 Å². The van der Waals surface area contributed by atoms with E-state index in [4.69, 9.17) is 16.3 Å². The lowest BCUT2D eigenvalue weighted by Crippen LogP contribution is -2.31. The molecule has 0 aliphatic carbocycles. The second-order valence-electron chi connectivity index (χ2n) is 10.3. The van der Waals surface area contributed by atoms with Crippen LogP contribution in [0.4, 0.5) is 34.5 Å². The van der Waals surface area contributed by atoms with Gasteiger partial charge >= 0.3 is 0 Å². The van der Waals surface area contributed by atoms with Gasteiger partial charge in [-0.3, -0.25) is 4.79 Å². The Morgan fingerprint density at radius 1 is 1.19 bits per heavy atom. The number of carbonyl (C=O) groups is 1. The van der Waals surface area contributed by atoms with E-state index in [9.17, 15) is 13.2 Å². The Hall–Kier alpha value is -3.87. The molecule has 13 heteroatoms. The normalized spacial score (nSPS) is 15.1. The Morgan fingerprint density at radius 3 is 2.57 bits per heavy atom. The van der Waals surface area contributed by atoms with Crippen molar-refractivity contribution in [3.8, 4) is 5.75 Å². The van der Waals surface area contributed by atoms with Crippen LogP contribution in [-0.2, 0) is 14.6 Å². The molecule has 2 heterocycles. The number of benzene rings is 2. The number of para-hydroxylation sites is 1. The Bertz CT molecular complexity index is 1580. The zero-order chi connectivity index (χ0) is 30.6. The fraction of sp³-hybridized carbons (Fsp3) is 0.345. The Balaban J connectivity index is 1.69. The van der Waals surface area contributed by atoms with Crippen LogP contribution >= 0.6 is 11.6 Å². The van der Waals surface area contributed by atoms with Crippen molar-refractivity contribution in [3.63, 3.8) is 0 Å². The van der Waals surface area contributed by atoms with Crippen LogP contribution in [0, 0.1) is 0 Å². The SMILES string of the molecule is C=CC(=O)Nc1cc(Nc2ncc(Cl)c(Nc3ccccc3S(=O)(=O)C(C)C)n2)c(OC)cc1N1CCC(N(C)C)C1. The van der Waals surface area contributed by atoms with Crippen LogP contribution in [0.15, 0.2) is 60.1 Å².